The van der Waals surface area contributed by atoms with Crippen molar-refractivity contribution in [3.63, 3.8) is 0 Å². The molecule has 0 bridgehead atoms. The Hall–Kier alpha value is -2.22. The van der Waals surface area contributed by atoms with Gasteiger partial charge in [-0.05, 0) is 62.0 Å². The average Bonchev–Trinajstić information content (AvgIpc) is 3.45. The number of hydrogen-bond acceptors (Lipinski definition) is 6. The number of aromatic nitrogens is 1. The van der Waals surface area contributed by atoms with Gasteiger partial charge in [-0.1, -0.05) is 18.6 Å². The lowest BCUT2D eigenvalue weighted by molar-refractivity contribution is 0.0927. The van der Waals surface area contributed by atoms with E-state index in [-0.39, 0.29) is 11.9 Å². The van der Waals surface area contributed by atoms with Gasteiger partial charge in [0.2, 0.25) is 0 Å². The maximum Gasteiger partial charge on any atom is 0.263 e. The number of aryl methyl sites for hydroxylation is 1. The monoisotopic (exact) mass is 441 g/mol. The number of thiazole rings is 1. The van der Waals surface area contributed by atoms with Crippen molar-refractivity contribution < 1.29 is 9.53 Å². The minimum absolute atomic E-state index is 0.0398. The van der Waals surface area contributed by atoms with Crippen LogP contribution >= 0.6 is 22.7 Å². The molecule has 30 heavy (non-hydrogen) atoms. The van der Waals surface area contributed by atoms with Crippen LogP contribution in [0.3, 0.4) is 0 Å². The number of hydrogen-bond donors (Lipinski definition) is 1. The van der Waals surface area contributed by atoms with E-state index in [9.17, 15) is 4.79 Å². The average molecular weight is 442 g/mol. The highest BCUT2D eigenvalue weighted by Crippen LogP contribution is 2.30. The maximum atomic E-state index is 13.0. The SMILES string of the molecule is COc1ccc([C@@H](CNC(=O)c2sc(-c3ccsc3)nc2C)N2CCCCC2)cc1. The number of carbonyl (C=O) groups excluding carboxylic acids is 1. The summed E-state index contributed by atoms with van der Waals surface area (Å²) in [6.45, 7) is 4.62. The summed E-state index contributed by atoms with van der Waals surface area (Å²) in [5.74, 6) is 0.809. The largest absolute Gasteiger partial charge is 0.497 e. The van der Waals surface area contributed by atoms with Gasteiger partial charge in [0.05, 0.1) is 18.8 Å². The van der Waals surface area contributed by atoms with Gasteiger partial charge in [0, 0.05) is 17.5 Å². The molecule has 1 aliphatic heterocycles. The number of ether oxygens (including phenoxy) is 1. The Morgan fingerprint density at radius 2 is 1.97 bits per heavy atom. The molecule has 1 fully saturated rings. The van der Waals surface area contributed by atoms with Gasteiger partial charge in [-0.2, -0.15) is 11.3 Å². The Morgan fingerprint density at radius 3 is 2.63 bits per heavy atom. The number of piperidine rings is 1. The number of carbonyl (C=O) groups is 1. The third-order valence-corrected chi connectivity index (χ3v) is 7.45. The fourth-order valence-corrected chi connectivity index (χ4v) is 5.59. The van der Waals surface area contributed by atoms with Crippen molar-refractivity contribution in [2.75, 3.05) is 26.7 Å². The van der Waals surface area contributed by atoms with Gasteiger partial charge in [-0.15, -0.1) is 11.3 Å². The summed E-state index contributed by atoms with van der Waals surface area (Å²) >= 11 is 3.11. The fraction of sp³-hybridized carbons (Fsp3) is 0.391. The van der Waals surface area contributed by atoms with Crippen LogP contribution in [0, 0.1) is 6.92 Å². The first-order chi connectivity index (χ1) is 14.7. The Bertz CT molecular complexity index is 961. The van der Waals surface area contributed by atoms with Crippen molar-refractivity contribution in [3.05, 3.63) is 57.2 Å². The van der Waals surface area contributed by atoms with Gasteiger partial charge in [-0.25, -0.2) is 4.98 Å². The number of rotatable bonds is 7. The van der Waals surface area contributed by atoms with E-state index >= 15 is 0 Å². The smallest absolute Gasteiger partial charge is 0.263 e. The van der Waals surface area contributed by atoms with E-state index < -0.39 is 0 Å². The Kier molecular flexibility index (Phi) is 6.82. The molecule has 2 aromatic heterocycles. The minimum Gasteiger partial charge on any atom is -0.497 e. The van der Waals surface area contributed by atoms with Crippen LogP contribution in [-0.2, 0) is 0 Å². The molecule has 0 radical (unpaired) electrons. The van der Waals surface area contributed by atoms with Crippen molar-refractivity contribution in [3.8, 4) is 16.3 Å². The molecule has 158 valence electrons. The van der Waals surface area contributed by atoms with E-state index in [2.05, 4.69) is 32.7 Å². The number of thiophene rings is 1. The number of benzene rings is 1. The fourth-order valence-electron chi connectivity index (χ4n) is 3.90. The van der Waals surface area contributed by atoms with Crippen LogP contribution in [0.25, 0.3) is 10.6 Å². The molecule has 3 aromatic rings. The number of methoxy groups -OCH3 is 1. The third kappa shape index (κ3) is 4.74. The van der Waals surface area contributed by atoms with E-state index in [1.165, 1.54) is 36.2 Å². The second-order valence-electron chi connectivity index (χ2n) is 7.54. The van der Waals surface area contributed by atoms with E-state index in [0.717, 1.165) is 35.1 Å². The molecule has 1 N–H and O–H groups in total. The molecule has 1 aliphatic rings. The normalized spacial score (nSPS) is 15.7. The summed E-state index contributed by atoms with van der Waals surface area (Å²) in [6, 6.07) is 10.4. The predicted molar refractivity (Wildman–Crippen MR) is 124 cm³/mol. The highest BCUT2D eigenvalue weighted by atomic mass is 32.1. The van der Waals surface area contributed by atoms with Crippen molar-refractivity contribution in [2.24, 2.45) is 0 Å². The molecule has 5 nitrogen and oxygen atoms in total. The first-order valence-corrected chi connectivity index (χ1v) is 12.1. The number of amides is 1. The molecule has 1 amide bonds. The van der Waals surface area contributed by atoms with E-state index in [1.807, 2.05) is 30.5 Å². The summed E-state index contributed by atoms with van der Waals surface area (Å²) in [5.41, 5.74) is 3.08. The Labute approximate surface area is 185 Å². The predicted octanol–water partition coefficient (Wildman–Crippen LogP) is 5.15. The van der Waals surface area contributed by atoms with Crippen LogP contribution in [0.2, 0.25) is 0 Å². The topological polar surface area (TPSA) is 54.5 Å². The lowest BCUT2D eigenvalue weighted by atomic mass is 10.0. The minimum atomic E-state index is -0.0398. The molecule has 4 rings (SSSR count). The van der Waals surface area contributed by atoms with Crippen molar-refractivity contribution in [1.82, 2.24) is 15.2 Å². The van der Waals surface area contributed by atoms with E-state index in [1.54, 1.807) is 18.4 Å². The van der Waals surface area contributed by atoms with Crippen LogP contribution in [0.1, 0.15) is 46.2 Å². The third-order valence-electron chi connectivity index (χ3n) is 5.56. The van der Waals surface area contributed by atoms with Gasteiger partial charge in [-0.3, -0.25) is 9.69 Å². The molecule has 0 spiro atoms. The molecular weight excluding hydrogens is 414 g/mol. The molecule has 0 unspecified atom stereocenters. The number of nitrogens with one attached hydrogen (secondary N) is 1. The van der Waals surface area contributed by atoms with Crippen LogP contribution in [0.15, 0.2) is 41.1 Å². The van der Waals surface area contributed by atoms with Gasteiger partial charge < -0.3 is 10.1 Å². The molecule has 0 saturated carbocycles. The van der Waals surface area contributed by atoms with Crippen molar-refractivity contribution in [2.45, 2.75) is 32.2 Å². The zero-order chi connectivity index (χ0) is 20.9. The molecule has 1 aromatic carbocycles. The van der Waals surface area contributed by atoms with Crippen molar-refractivity contribution >= 4 is 28.6 Å². The zero-order valence-corrected chi connectivity index (χ0v) is 19.0. The highest BCUT2D eigenvalue weighted by molar-refractivity contribution is 7.17. The second kappa shape index (κ2) is 9.73. The molecule has 0 aliphatic carbocycles. The van der Waals surface area contributed by atoms with Crippen molar-refractivity contribution in [1.29, 1.82) is 0 Å². The Balaban J connectivity index is 1.49. The van der Waals surface area contributed by atoms with E-state index in [4.69, 9.17) is 4.74 Å². The molecule has 3 heterocycles. The zero-order valence-electron chi connectivity index (χ0n) is 17.4. The first kappa shape index (κ1) is 21.0. The van der Waals surface area contributed by atoms with Crippen LogP contribution < -0.4 is 10.1 Å². The number of likely N-dealkylation sites (tertiary alicyclic amines) is 1. The number of nitrogens with zero attached hydrogens (tertiary/aromatic N) is 2. The first-order valence-electron chi connectivity index (χ1n) is 10.3. The summed E-state index contributed by atoms with van der Waals surface area (Å²) < 4.78 is 5.31. The summed E-state index contributed by atoms with van der Waals surface area (Å²) in [4.78, 5) is 20.8. The van der Waals surface area contributed by atoms with Crippen LogP contribution in [0.4, 0.5) is 0 Å². The van der Waals surface area contributed by atoms with E-state index in [0.29, 0.717) is 11.4 Å². The standard InChI is InChI=1S/C23H27N3O2S2/c1-16-21(30-23(25-16)18-10-13-29-15-18)22(27)24-14-20(26-11-4-3-5-12-26)17-6-8-19(28-2)9-7-17/h6-10,13,15,20H,3-5,11-12,14H2,1-2H3,(H,24,27)/t20-/m1/s1. The van der Waals surface area contributed by atoms with Gasteiger partial charge in [0.1, 0.15) is 15.6 Å². The van der Waals surface area contributed by atoms with Crippen LogP contribution in [-0.4, -0.2) is 42.5 Å². The summed E-state index contributed by atoms with van der Waals surface area (Å²) in [6.07, 6.45) is 3.70. The summed E-state index contributed by atoms with van der Waals surface area (Å²) in [5, 5.41) is 8.19. The lowest BCUT2D eigenvalue weighted by Crippen LogP contribution is -2.40. The lowest BCUT2D eigenvalue weighted by Gasteiger charge is -2.35. The molecule has 7 heteroatoms. The molecule has 1 atom stereocenters. The summed E-state index contributed by atoms with van der Waals surface area (Å²) in [7, 11) is 1.68. The Morgan fingerprint density at radius 1 is 1.20 bits per heavy atom. The highest BCUT2D eigenvalue weighted by Gasteiger charge is 2.24. The van der Waals surface area contributed by atoms with Crippen LogP contribution in [0.5, 0.6) is 5.75 Å². The maximum absolute atomic E-state index is 13.0. The molecular formula is C23H27N3O2S2. The van der Waals surface area contributed by atoms with Gasteiger partial charge in [0.15, 0.2) is 0 Å². The molecule has 1 saturated heterocycles. The quantitative estimate of drug-likeness (QED) is 0.551. The second-order valence-corrected chi connectivity index (χ2v) is 9.32. The van der Waals surface area contributed by atoms with Gasteiger partial charge >= 0.3 is 0 Å². The van der Waals surface area contributed by atoms with Gasteiger partial charge in [0.25, 0.3) is 5.91 Å².